The van der Waals surface area contributed by atoms with Gasteiger partial charge >= 0.3 is 10.2 Å². The van der Waals surface area contributed by atoms with Crippen LogP contribution in [0.2, 0.25) is 0 Å². The van der Waals surface area contributed by atoms with Crippen molar-refractivity contribution in [3.8, 4) is 0 Å². The van der Waals surface area contributed by atoms with Crippen LogP contribution < -0.4 is 5.32 Å². The molecule has 1 fully saturated rings. The molecule has 0 radical (unpaired) electrons. The smallest absolute Gasteiger partial charge is 0.310 e. The summed E-state index contributed by atoms with van der Waals surface area (Å²) in [7, 11) is -9.95. The predicted octanol–water partition coefficient (Wildman–Crippen LogP) is 5.27. The van der Waals surface area contributed by atoms with Crippen LogP contribution in [0.3, 0.4) is 0 Å². The predicted molar refractivity (Wildman–Crippen MR) is 77.3 cm³/mol. The molecule has 0 aliphatic heterocycles. The van der Waals surface area contributed by atoms with Gasteiger partial charge in [-0.1, -0.05) is 35.4 Å². The van der Waals surface area contributed by atoms with Gasteiger partial charge < -0.3 is 5.32 Å². The summed E-state index contributed by atoms with van der Waals surface area (Å²) in [5.41, 5.74) is -1.01. The van der Waals surface area contributed by atoms with Gasteiger partial charge in [0.1, 0.15) is 4.90 Å². The van der Waals surface area contributed by atoms with Crippen molar-refractivity contribution in [1.29, 1.82) is 0 Å². The molecule has 0 atom stereocenters. The lowest BCUT2D eigenvalue weighted by Gasteiger charge is -2.40. The van der Waals surface area contributed by atoms with Crippen LogP contribution >= 0.6 is 26.2 Å². The first-order chi connectivity index (χ1) is 9.80. The van der Waals surface area contributed by atoms with Crippen LogP contribution in [-0.4, -0.2) is 17.0 Å². The molecule has 10 heteroatoms. The maximum absolute atomic E-state index is 12.9. The van der Waals surface area contributed by atoms with Crippen molar-refractivity contribution >= 4 is 43.5 Å². The summed E-state index contributed by atoms with van der Waals surface area (Å²) in [6.07, 6.45) is 1.19. The topological polar surface area (TPSA) is 46.2 Å². The minimum Gasteiger partial charge on any atom is -0.326 e. The van der Waals surface area contributed by atoms with E-state index in [1.807, 2.05) is 0 Å². The van der Waals surface area contributed by atoms with Crippen LogP contribution in [0.25, 0.3) is 0 Å². The Morgan fingerprint density at radius 2 is 1.73 bits per heavy atom. The molecule has 3 nitrogen and oxygen atoms in total. The molecule has 1 aliphatic rings. The summed E-state index contributed by atoms with van der Waals surface area (Å²) in [4.78, 5) is 20.9. The molecule has 1 aliphatic carbocycles. The third kappa shape index (κ3) is 4.19. The Labute approximate surface area is 131 Å². The summed E-state index contributed by atoms with van der Waals surface area (Å²) in [6, 6.07) is 1.22. The van der Waals surface area contributed by atoms with Crippen LogP contribution in [0.15, 0.2) is 23.1 Å². The summed E-state index contributed by atoms with van der Waals surface area (Å²) < 4.78 is 64.7. The van der Waals surface area contributed by atoms with Crippen molar-refractivity contribution in [1.82, 2.24) is 0 Å². The molecule has 0 aromatic heterocycles. The maximum atomic E-state index is 12.9. The van der Waals surface area contributed by atoms with Gasteiger partial charge in [0.05, 0.1) is 5.33 Å². The Bertz CT molecular complexity index is 657. The first-order valence-corrected chi connectivity index (χ1v) is 9.16. The minimum absolute atomic E-state index is 0.109. The monoisotopic (exact) mass is 407 g/mol. The van der Waals surface area contributed by atoms with E-state index in [2.05, 4.69) is 21.2 Å². The Morgan fingerprint density at radius 3 is 2.18 bits per heavy atom. The zero-order valence-corrected chi connectivity index (χ0v) is 13.3. The van der Waals surface area contributed by atoms with Crippen molar-refractivity contribution in [3.05, 3.63) is 23.8 Å². The number of alkyl halides is 1. The number of nitrogens with one attached hydrogen (secondary N) is 1. The Balaban J connectivity index is 2.50. The molecule has 0 spiro atoms. The maximum Gasteiger partial charge on any atom is 0.310 e. The summed E-state index contributed by atoms with van der Waals surface area (Å²) in [5.74, 6) is -1.67. The molecular weight excluding hydrogens is 397 g/mol. The summed E-state index contributed by atoms with van der Waals surface area (Å²) >= 11 is 2.77. The van der Waals surface area contributed by atoms with Gasteiger partial charge in [0.15, 0.2) is 5.78 Å². The van der Waals surface area contributed by atoms with Crippen LogP contribution in [-0.2, 0) is 4.79 Å². The molecule has 1 saturated carbocycles. The number of hydrogen-bond acceptors (Lipinski definition) is 2. The number of Topliss-reactive ketones (excluding diaryl/α,β-unsaturated/α-hetero) is 1. The second-order valence-electron chi connectivity index (χ2n) is 5.04. The van der Waals surface area contributed by atoms with Gasteiger partial charge in [-0.15, -0.1) is 0 Å². The van der Waals surface area contributed by atoms with Gasteiger partial charge in [0.25, 0.3) is 0 Å². The fourth-order valence-electron chi connectivity index (χ4n) is 1.72. The van der Waals surface area contributed by atoms with E-state index in [4.69, 9.17) is 0 Å². The third-order valence-electron chi connectivity index (χ3n) is 3.01. The molecule has 0 unspecified atom stereocenters. The van der Waals surface area contributed by atoms with Crippen LogP contribution in [0.5, 0.6) is 0 Å². The zero-order valence-electron chi connectivity index (χ0n) is 10.9. The lowest BCUT2D eigenvalue weighted by atomic mass is 10.1. The summed E-state index contributed by atoms with van der Waals surface area (Å²) in [6.45, 7) is 0. The van der Waals surface area contributed by atoms with Gasteiger partial charge in [0, 0.05) is 17.2 Å². The fourth-order valence-corrected chi connectivity index (χ4v) is 2.75. The fraction of sp³-hybridized carbons (Fsp3) is 0.333. The first kappa shape index (κ1) is 17.2. The van der Waals surface area contributed by atoms with Crippen molar-refractivity contribution in [2.24, 2.45) is 5.92 Å². The molecular formula is C12H11BrF5NO2S. The highest BCUT2D eigenvalue weighted by atomic mass is 79.9. The average molecular weight is 408 g/mol. The largest absolute Gasteiger partial charge is 0.326 e. The Kier molecular flexibility index (Phi) is 3.65. The standard InChI is InChI=1S/C12H11BrF5NO2S/c13-6-11(20)8-3-9(19-12(21)7-1-2-7)5-10(4-8)22(14,15,16,17)18/h3-5,7H,1-2,6H2,(H,19,21). The minimum atomic E-state index is -9.95. The van der Waals surface area contributed by atoms with Crippen molar-refractivity contribution < 1.29 is 29.0 Å². The molecule has 124 valence electrons. The normalized spacial score (nSPS) is 18.3. The van der Waals surface area contributed by atoms with E-state index in [1.54, 1.807) is 0 Å². The number of carbonyl (C=O) groups excluding carboxylic acids is 2. The van der Waals surface area contributed by atoms with Crippen molar-refractivity contribution in [3.63, 3.8) is 0 Å². The zero-order chi connectivity index (χ0) is 16.8. The molecule has 1 amide bonds. The SMILES string of the molecule is O=C(CBr)c1cc(NC(=O)C2CC2)cc(S(F)(F)(F)(F)F)c1. The quantitative estimate of drug-likeness (QED) is 0.410. The molecule has 2 rings (SSSR count). The lowest BCUT2D eigenvalue weighted by Crippen LogP contribution is -2.15. The average Bonchev–Trinajstić information content (AvgIpc) is 3.18. The van der Waals surface area contributed by atoms with Crippen LogP contribution in [0.1, 0.15) is 23.2 Å². The number of anilines is 1. The van der Waals surface area contributed by atoms with E-state index < -0.39 is 38.1 Å². The van der Waals surface area contributed by atoms with Gasteiger partial charge in [0.2, 0.25) is 5.91 Å². The molecule has 0 bridgehead atoms. The van der Waals surface area contributed by atoms with Gasteiger partial charge in [-0.05, 0) is 31.0 Å². The van der Waals surface area contributed by atoms with Crippen molar-refractivity contribution in [2.75, 3.05) is 10.6 Å². The number of halogens is 6. The van der Waals surface area contributed by atoms with Crippen LogP contribution in [0, 0.1) is 5.92 Å². The van der Waals surface area contributed by atoms with E-state index in [0.717, 1.165) is 6.07 Å². The molecule has 22 heavy (non-hydrogen) atoms. The van der Waals surface area contributed by atoms with E-state index in [0.29, 0.717) is 12.8 Å². The number of carbonyl (C=O) groups is 2. The van der Waals surface area contributed by atoms with Crippen molar-refractivity contribution in [2.45, 2.75) is 17.7 Å². The number of rotatable bonds is 5. The molecule has 0 heterocycles. The van der Waals surface area contributed by atoms with E-state index in [-0.39, 0.29) is 23.4 Å². The summed E-state index contributed by atoms with van der Waals surface area (Å²) in [5, 5.41) is 1.82. The van der Waals surface area contributed by atoms with Gasteiger partial charge in [-0.25, -0.2) is 0 Å². The van der Waals surface area contributed by atoms with Gasteiger partial charge in [-0.3, -0.25) is 9.59 Å². The van der Waals surface area contributed by atoms with Gasteiger partial charge in [-0.2, -0.15) is 0 Å². The number of amides is 1. The second kappa shape index (κ2) is 4.67. The first-order valence-electron chi connectivity index (χ1n) is 6.09. The highest BCUT2D eigenvalue weighted by Gasteiger charge is 2.65. The Morgan fingerprint density at radius 1 is 1.14 bits per heavy atom. The number of hydrogen-bond donors (Lipinski definition) is 1. The molecule has 1 aromatic rings. The highest BCUT2D eigenvalue weighted by Crippen LogP contribution is 3.02. The third-order valence-corrected chi connectivity index (χ3v) is 4.65. The number of benzene rings is 1. The van der Waals surface area contributed by atoms with Crippen LogP contribution in [0.4, 0.5) is 25.1 Å². The number of ketones is 1. The lowest BCUT2D eigenvalue weighted by molar-refractivity contribution is -0.117. The molecule has 0 saturated heterocycles. The van der Waals surface area contributed by atoms with E-state index in [9.17, 15) is 29.0 Å². The van der Waals surface area contributed by atoms with E-state index in [1.165, 1.54) is 0 Å². The second-order valence-corrected chi connectivity index (χ2v) is 8.01. The molecule has 1 aromatic carbocycles. The Hall–Kier alpha value is -1.16. The highest BCUT2D eigenvalue weighted by molar-refractivity contribution is 9.09. The molecule has 1 N–H and O–H groups in total. The van der Waals surface area contributed by atoms with E-state index >= 15 is 0 Å².